The number of rotatable bonds is 4. The lowest BCUT2D eigenvalue weighted by molar-refractivity contribution is -0.296. The van der Waals surface area contributed by atoms with Gasteiger partial charge in [-0.1, -0.05) is 26.0 Å². The summed E-state index contributed by atoms with van der Waals surface area (Å²) in [6.07, 6.45) is 2.35. The topological polar surface area (TPSA) is 40.5 Å². The normalized spacial score (nSPS) is 43.1. The summed E-state index contributed by atoms with van der Waals surface area (Å²) in [6.45, 7) is 4.41. The number of hydrogen-bond acceptors (Lipinski definition) is 2. The van der Waals surface area contributed by atoms with E-state index in [1.165, 1.54) is 24.3 Å². The van der Waals surface area contributed by atoms with E-state index in [2.05, 4.69) is 6.92 Å². The van der Waals surface area contributed by atoms with Crippen molar-refractivity contribution in [3.8, 4) is 0 Å². The van der Waals surface area contributed by atoms with Crippen molar-refractivity contribution < 1.29 is 27.8 Å². The van der Waals surface area contributed by atoms with Gasteiger partial charge in [0.25, 0.3) is 0 Å². The Morgan fingerprint density at radius 1 is 0.886 bits per heavy atom. The van der Waals surface area contributed by atoms with Crippen LogP contribution in [0.15, 0.2) is 24.3 Å². The first-order valence-electron chi connectivity index (χ1n) is 13.6. The fraction of sp³-hybridized carbons (Fsp3) is 0.793. The van der Waals surface area contributed by atoms with E-state index in [1.807, 2.05) is 6.92 Å². The van der Waals surface area contributed by atoms with Crippen LogP contribution in [-0.2, 0) is 6.42 Å². The van der Waals surface area contributed by atoms with Crippen LogP contribution in [0.4, 0.5) is 17.6 Å². The molecule has 0 bridgehead atoms. The van der Waals surface area contributed by atoms with Gasteiger partial charge in [0.2, 0.25) is 0 Å². The minimum absolute atomic E-state index is 0.0711. The molecule has 4 fully saturated rings. The molecule has 9 atom stereocenters. The maximum Gasteiger partial charge on any atom is 0.417 e. The van der Waals surface area contributed by atoms with Crippen molar-refractivity contribution in [1.82, 2.24) is 0 Å². The van der Waals surface area contributed by atoms with Crippen LogP contribution in [0, 0.1) is 46.2 Å². The molecule has 1 aromatic rings. The summed E-state index contributed by atoms with van der Waals surface area (Å²) in [6, 6.07) is 5.54. The van der Waals surface area contributed by atoms with Crippen molar-refractivity contribution in [2.75, 3.05) is 0 Å². The second-order valence-corrected chi connectivity index (χ2v) is 12.8. The lowest BCUT2D eigenvalue weighted by Gasteiger charge is -2.61. The highest BCUT2D eigenvalue weighted by Gasteiger charge is 2.68. The van der Waals surface area contributed by atoms with Gasteiger partial charge in [0.1, 0.15) is 5.82 Å². The summed E-state index contributed by atoms with van der Waals surface area (Å²) in [5.74, 6) is 0.389. The van der Waals surface area contributed by atoms with Gasteiger partial charge in [-0.3, -0.25) is 0 Å². The molecule has 0 saturated heterocycles. The van der Waals surface area contributed by atoms with Gasteiger partial charge >= 0.3 is 6.18 Å². The van der Waals surface area contributed by atoms with E-state index in [0.717, 1.165) is 51.4 Å². The van der Waals surface area contributed by atoms with Crippen molar-refractivity contribution in [2.24, 2.45) is 40.4 Å². The van der Waals surface area contributed by atoms with E-state index in [4.69, 9.17) is 0 Å². The van der Waals surface area contributed by atoms with Crippen LogP contribution >= 0.6 is 0 Å². The number of aliphatic hydroxyl groups excluding tert-OH is 1. The van der Waals surface area contributed by atoms with Gasteiger partial charge in [-0.05, 0) is 123 Å². The van der Waals surface area contributed by atoms with Crippen molar-refractivity contribution >= 4 is 0 Å². The molecule has 196 valence electrons. The molecule has 0 unspecified atom stereocenters. The van der Waals surface area contributed by atoms with Crippen molar-refractivity contribution in [3.05, 3.63) is 35.6 Å². The van der Waals surface area contributed by atoms with E-state index in [1.54, 1.807) is 0 Å². The zero-order valence-electron chi connectivity index (χ0n) is 21.0. The highest BCUT2D eigenvalue weighted by molar-refractivity contribution is 5.18. The Morgan fingerprint density at radius 3 is 2.23 bits per heavy atom. The molecule has 0 aliphatic heterocycles. The van der Waals surface area contributed by atoms with Crippen LogP contribution in [0.1, 0.15) is 83.6 Å². The Labute approximate surface area is 206 Å². The van der Waals surface area contributed by atoms with Crippen molar-refractivity contribution in [1.29, 1.82) is 0 Å². The smallest absolute Gasteiger partial charge is 0.393 e. The van der Waals surface area contributed by atoms with Gasteiger partial charge in [0.15, 0.2) is 5.60 Å². The number of aliphatic hydroxyl groups is 2. The molecule has 4 aliphatic rings. The molecule has 0 radical (unpaired) electrons. The molecule has 0 spiro atoms. The van der Waals surface area contributed by atoms with E-state index in [9.17, 15) is 27.8 Å². The lowest BCUT2D eigenvalue weighted by Crippen LogP contribution is -2.59. The zero-order chi connectivity index (χ0) is 25.2. The molecule has 35 heavy (non-hydrogen) atoms. The van der Waals surface area contributed by atoms with Crippen LogP contribution in [0.5, 0.6) is 0 Å². The van der Waals surface area contributed by atoms with Gasteiger partial charge in [-0.15, -0.1) is 0 Å². The van der Waals surface area contributed by atoms with Crippen molar-refractivity contribution in [2.45, 2.75) is 102 Å². The summed E-state index contributed by atoms with van der Waals surface area (Å²) in [5, 5.41) is 21.6. The highest BCUT2D eigenvalue weighted by atomic mass is 19.4. The van der Waals surface area contributed by atoms with E-state index >= 15 is 0 Å². The minimum Gasteiger partial charge on any atom is -0.393 e. The van der Waals surface area contributed by atoms with Crippen LogP contribution in [-0.4, -0.2) is 28.1 Å². The van der Waals surface area contributed by atoms with Crippen molar-refractivity contribution in [3.63, 3.8) is 0 Å². The SMILES string of the molecule is C[C@]12CC[C@H](O)C[C@@H]1CC[C@@H]1[C@@H]2CC[C@@]2(C)[C@H]1CC[C@@H]2[C@](O)(CCc1ccc(F)cc1)C(F)(F)F. The number of fused-ring (bicyclic) bond motifs is 5. The molecule has 0 heterocycles. The quantitative estimate of drug-likeness (QED) is 0.438. The third-order valence-corrected chi connectivity index (χ3v) is 11.4. The Bertz CT molecular complexity index is 916. The summed E-state index contributed by atoms with van der Waals surface area (Å²) >= 11 is 0. The average Bonchev–Trinajstić information content (AvgIpc) is 3.16. The molecule has 0 amide bonds. The molecule has 4 saturated carbocycles. The first-order chi connectivity index (χ1) is 16.4. The second kappa shape index (κ2) is 8.72. The maximum absolute atomic E-state index is 14.6. The molecule has 0 aromatic heterocycles. The molecule has 5 rings (SSSR count). The minimum atomic E-state index is -4.71. The first kappa shape index (κ1) is 25.5. The predicted octanol–water partition coefficient (Wildman–Crippen LogP) is 7.07. The number of alkyl halides is 3. The van der Waals surface area contributed by atoms with E-state index < -0.39 is 28.9 Å². The summed E-state index contributed by atoms with van der Waals surface area (Å²) in [5.41, 5.74) is -2.49. The van der Waals surface area contributed by atoms with E-state index in [-0.39, 0.29) is 30.3 Å². The first-order valence-corrected chi connectivity index (χ1v) is 13.6. The van der Waals surface area contributed by atoms with Crippen LogP contribution in [0.2, 0.25) is 0 Å². The third kappa shape index (κ3) is 4.05. The van der Waals surface area contributed by atoms with Gasteiger partial charge in [-0.25, -0.2) is 4.39 Å². The molecule has 6 heteroatoms. The van der Waals surface area contributed by atoms with Crippen LogP contribution in [0.3, 0.4) is 0 Å². The summed E-state index contributed by atoms with van der Waals surface area (Å²) < 4.78 is 57.0. The van der Waals surface area contributed by atoms with Crippen LogP contribution < -0.4 is 0 Å². The number of benzene rings is 1. The number of aryl methyl sites for hydroxylation is 1. The summed E-state index contributed by atoms with van der Waals surface area (Å²) in [7, 11) is 0. The maximum atomic E-state index is 14.6. The molecule has 4 aliphatic carbocycles. The Kier molecular flexibility index (Phi) is 6.35. The second-order valence-electron chi connectivity index (χ2n) is 12.8. The van der Waals surface area contributed by atoms with E-state index in [0.29, 0.717) is 29.7 Å². The molecular weight excluding hydrogens is 456 g/mol. The van der Waals surface area contributed by atoms with Gasteiger partial charge in [0, 0.05) is 5.92 Å². The molecule has 2 nitrogen and oxygen atoms in total. The Morgan fingerprint density at radius 2 is 1.54 bits per heavy atom. The fourth-order valence-electron chi connectivity index (χ4n) is 9.52. The monoisotopic (exact) mass is 496 g/mol. The summed E-state index contributed by atoms with van der Waals surface area (Å²) in [4.78, 5) is 0. The number of hydrogen-bond donors (Lipinski definition) is 2. The largest absolute Gasteiger partial charge is 0.417 e. The molecular formula is C29H40F4O2. The number of halogens is 4. The predicted molar refractivity (Wildman–Crippen MR) is 127 cm³/mol. The third-order valence-electron chi connectivity index (χ3n) is 11.4. The van der Waals surface area contributed by atoms with Gasteiger partial charge in [-0.2, -0.15) is 13.2 Å². The highest BCUT2D eigenvalue weighted by Crippen LogP contribution is 2.69. The van der Waals surface area contributed by atoms with Gasteiger partial charge in [0.05, 0.1) is 6.10 Å². The Balaban J connectivity index is 1.39. The van der Waals surface area contributed by atoms with Gasteiger partial charge < -0.3 is 10.2 Å². The van der Waals surface area contributed by atoms with Crippen LogP contribution in [0.25, 0.3) is 0 Å². The average molecular weight is 497 g/mol. The molecule has 2 N–H and O–H groups in total. The standard InChI is InChI=1S/C29H40F4O2/c1-26-14-12-21(34)17-19(26)5-8-22-23-9-10-25(27(23,2)15-13-24(22)26)28(35,29(31,32)33)16-11-18-3-6-20(30)7-4-18/h3-4,6-7,19,21-25,34-35H,5,8-17H2,1-2H3/t19-,21-,22-,23-,24-,25-,26-,27-,28+/m0/s1. The molecule has 1 aromatic carbocycles. The lowest BCUT2D eigenvalue weighted by atomic mass is 9.44. The Hall–Kier alpha value is -1.14. The fourth-order valence-corrected chi connectivity index (χ4v) is 9.52. The zero-order valence-corrected chi connectivity index (χ0v) is 21.0.